The molecule has 196 valence electrons. The van der Waals surface area contributed by atoms with Crippen LogP contribution in [0.2, 0.25) is 0 Å². The lowest BCUT2D eigenvalue weighted by molar-refractivity contribution is -0.137. The van der Waals surface area contributed by atoms with Gasteiger partial charge in [0.2, 0.25) is 5.95 Å². The molecule has 0 saturated carbocycles. The molecule has 1 aromatic carbocycles. The van der Waals surface area contributed by atoms with Crippen LogP contribution in [-0.4, -0.2) is 58.1 Å². The van der Waals surface area contributed by atoms with Crippen molar-refractivity contribution in [2.45, 2.75) is 19.1 Å². The normalized spacial score (nSPS) is 15.4. The van der Waals surface area contributed by atoms with Crippen LogP contribution < -0.4 is 10.2 Å². The standard InChI is InChI=1S/C26H24F4N8/c1-15(16-3-4-22(21(27)9-16)38-7-5-37(2)6-8-38)35-25-34-12-17(11-31)23(36-25)20-14-33-24-19(20)10-18(13-32-24)26(28,29)30/h3-4,9-10,12-15H,5-8H2,1-2H3,(H,32,33)(H,34,35,36)/t15-/m1/s1. The maximum Gasteiger partial charge on any atom is 0.417 e. The van der Waals surface area contributed by atoms with E-state index in [4.69, 9.17) is 0 Å². The van der Waals surface area contributed by atoms with Gasteiger partial charge >= 0.3 is 6.18 Å². The molecular formula is C26H24F4N8. The van der Waals surface area contributed by atoms with E-state index in [2.05, 4.69) is 30.2 Å². The van der Waals surface area contributed by atoms with Crippen LogP contribution in [0.5, 0.6) is 0 Å². The Labute approximate surface area is 215 Å². The number of aromatic amines is 1. The van der Waals surface area contributed by atoms with Crippen molar-refractivity contribution in [2.75, 3.05) is 43.4 Å². The molecule has 8 nitrogen and oxygen atoms in total. The van der Waals surface area contributed by atoms with Crippen molar-refractivity contribution in [3.05, 3.63) is 65.4 Å². The maximum atomic E-state index is 15.0. The minimum Gasteiger partial charge on any atom is -0.367 e. The van der Waals surface area contributed by atoms with Gasteiger partial charge in [-0.25, -0.2) is 19.3 Å². The van der Waals surface area contributed by atoms with Crippen molar-refractivity contribution in [3.8, 4) is 17.3 Å². The predicted molar refractivity (Wildman–Crippen MR) is 135 cm³/mol. The van der Waals surface area contributed by atoms with Gasteiger partial charge in [-0.15, -0.1) is 0 Å². The topological polar surface area (TPSA) is 96.8 Å². The van der Waals surface area contributed by atoms with Gasteiger partial charge in [-0.1, -0.05) is 6.07 Å². The summed E-state index contributed by atoms with van der Waals surface area (Å²) in [6.07, 6.45) is -1.07. The third-order valence-electron chi connectivity index (χ3n) is 6.68. The second-order valence-electron chi connectivity index (χ2n) is 9.26. The van der Waals surface area contributed by atoms with E-state index >= 15 is 4.39 Å². The minimum atomic E-state index is -4.57. The van der Waals surface area contributed by atoms with Gasteiger partial charge in [0.25, 0.3) is 0 Å². The highest BCUT2D eigenvalue weighted by Gasteiger charge is 2.32. The molecule has 0 radical (unpaired) electrons. The Kier molecular flexibility index (Phi) is 6.62. The van der Waals surface area contributed by atoms with Crippen molar-refractivity contribution in [1.82, 2.24) is 24.8 Å². The van der Waals surface area contributed by atoms with E-state index in [1.807, 2.05) is 31.0 Å². The third-order valence-corrected chi connectivity index (χ3v) is 6.68. The Bertz CT molecular complexity index is 1520. The Morgan fingerprint density at radius 1 is 1.11 bits per heavy atom. The number of nitrogens with one attached hydrogen (secondary N) is 2. The number of rotatable bonds is 5. The van der Waals surface area contributed by atoms with Crippen molar-refractivity contribution < 1.29 is 17.6 Å². The number of hydrogen-bond acceptors (Lipinski definition) is 7. The van der Waals surface area contributed by atoms with E-state index in [0.717, 1.165) is 38.4 Å². The zero-order valence-corrected chi connectivity index (χ0v) is 20.6. The first-order valence-electron chi connectivity index (χ1n) is 12.0. The number of hydrogen-bond donors (Lipinski definition) is 2. The molecule has 1 fully saturated rings. The van der Waals surface area contributed by atoms with E-state index in [0.29, 0.717) is 11.3 Å². The van der Waals surface area contributed by atoms with Crippen LogP contribution in [-0.2, 0) is 6.18 Å². The molecule has 38 heavy (non-hydrogen) atoms. The monoisotopic (exact) mass is 524 g/mol. The Morgan fingerprint density at radius 3 is 2.55 bits per heavy atom. The van der Waals surface area contributed by atoms with E-state index in [1.54, 1.807) is 6.07 Å². The van der Waals surface area contributed by atoms with Gasteiger partial charge in [0.15, 0.2) is 0 Å². The molecule has 1 atom stereocenters. The van der Waals surface area contributed by atoms with Crippen LogP contribution in [0, 0.1) is 17.1 Å². The molecule has 0 bridgehead atoms. The minimum absolute atomic E-state index is 0.0871. The number of likely N-dealkylation sites (N-methyl/N-ethyl adjacent to an activating group) is 1. The average molecular weight is 525 g/mol. The Balaban J connectivity index is 1.42. The molecule has 12 heteroatoms. The number of H-pyrrole nitrogens is 1. The second kappa shape index (κ2) is 9.90. The number of fused-ring (bicyclic) bond motifs is 1. The number of piperazine rings is 1. The molecule has 4 heterocycles. The van der Waals surface area contributed by atoms with Crippen molar-refractivity contribution >= 4 is 22.7 Å². The molecule has 0 amide bonds. The lowest BCUT2D eigenvalue weighted by atomic mass is 10.1. The number of nitrogens with zero attached hydrogens (tertiary/aromatic N) is 6. The first kappa shape index (κ1) is 25.4. The van der Waals surface area contributed by atoms with Crippen LogP contribution in [0.25, 0.3) is 22.3 Å². The molecule has 1 aliphatic heterocycles. The van der Waals surface area contributed by atoms with Gasteiger partial charge in [-0.2, -0.15) is 18.4 Å². The van der Waals surface area contributed by atoms with Crippen LogP contribution >= 0.6 is 0 Å². The number of alkyl halides is 3. The summed E-state index contributed by atoms with van der Waals surface area (Å²) in [7, 11) is 2.04. The fourth-order valence-electron chi connectivity index (χ4n) is 4.47. The molecule has 4 aromatic rings. The van der Waals surface area contributed by atoms with Gasteiger partial charge in [-0.3, -0.25) is 0 Å². The van der Waals surface area contributed by atoms with Crippen molar-refractivity contribution in [2.24, 2.45) is 0 Å². The molecule has 5 rings (SSSR count). The van der Waals surface area contributed by atoms with Crippen molar-refractivity contribution in [3.63, 3.8) is 0 Å². The summed E-state index contributed by atoms with van der Waals surface area (Å²) in [6.45, 7) is 5.03. The summed E-state index contributed by atoms with van der Waals surface area (Å²) in [5.74, 6) is -0.182. The van der Waals surface area contributed by atoms with Crippen LogP contribution in [0.15, 0.2) is 42.9 Å². The van der Waals surface area contributed by atoms with Gasteiger partial charge in [0, 0.05) is 49.5 Å². The predicted octanol–water partition coefficient (Wildman–Crippen LogP) is 4.97. The first-order valence-corrected chi connectivity index (χ1v) is 12.0. The van der Waals surface area contributed by atoms with E-state index in [1.165, 1.54) is 18.5 Å². The quantitative estimate of drug-likeness (QED) is 0.356. The summed E-state index contributed by atoms with van der Waals surface area (Å²) >= 11 is 0. The first-order chi connectivity index (χ1) is 18.1. The largest absolute Gasteiger partial charge is 0.417 e. The zero-order valence-electron chi connectivity index (χ0n) is 20.6. The summed E-state index contributed by atoms with van der Waals surface area (Å²) in [4.78, 5) is 19.5. The lowest BCUT2D eigenvalue weighted by Gasteiger charge is -2.34. The molecule has 2 N–H and O–H groups in total. The summed E-state index contributed by atoms with van der Waals surface area (Å²) in [5.41, 5.74) is 1.07. The van der Waals surface area contributed by atoms with Crippen LogP contribution in [0.4, 0.5) is 29.2 Å². The molecule has 3 aromatic heterocycles. The number of pyridine rings is 1. The fraction of sp³-hybridized carbons (Fsp3) is 0.308. The van der Waals surface area contributed by atoms with E-state index in [9.17, 15) is 18.4 Å². The maximum absolute atomic E-state index is 15.0. The summed E-state index contributed by atoms with van der Waals surface area (Å²) < 4.78 is 54.8. The highest BCUT2D eigenvalue weighted by atomic mass is 19.4. The highest BCUT2D eigenvalue weighted by Crippen LogP contribution is 2.35. The molecule has 0 unspecified atom stereocenters. The molecule has 1 aliphatic rings. The second-order valence-corrected chi connectivity index (χ2v) is 9.26. The molecule has 1 saturated heterocycles. The Morgan fingerprint density at radius 2 is 1.87 bits per heavy atom. The average Bonchev–Trinajstić information content (AvgIpc) is 3.32. The number of nitriles is 1. The van der Waals surface area contributed by atoms with Crippen LogP contribution in [0.3, 0.4) is 0 Å². The SMILES string of the molecule is C[C@@H](Nc1ncc(C#N)c(-c2c[nH]c3ncc(C(F)(F)F)cc23)n1)c1ccc(N2CCN(C)CC2)c(F)c1. The zero-order chi connectivity index (χ0) is 27.0. The number of benzene rings is 1. The smallest absolute Gasteiger partial charge is 0.367 e. The molecule has 0 spiro atoms. The fourth-order valence-corrected chi connectivity index (χ4v) is 4.47. The summed E-state index contributed by atoms with van der Waals surface area (Å²) in [5, 5.41) is 12.9. The van der Waals surface area contributed by atoms with Gasteiger partial charge in [-0.05, 0) is 37.7 Å². The van der Waals surface area contributed by atoms with E-state index in [-0.39, 0.29) is 39.6 Å². The van der Waals surface area contributed by atoms with Crippen LogP contribution in [0.1, 0.15) is 29.7 Å². The van der Waals surface area contributed by atoms with Gasteiger partial charge in [0.05, 0.1) is 34.7 Å². The summed E-state index contributed by atoms with van der Waals surface area (Å²) in [6, 6.07) is 7.63. The Hall–Kier alpha value is -4.24. The highest BCUT2D eigenvalue weighted by molar-refractivity contribution is 5.94. The van der Waals surface area contributed by atoms with E-state index < -0.39 is 17.8 Å². The van der Waals surface area contributed by atoms with Crippen molar-refractivity contribution in [1.29, 1.82) is 5.26 Å². The lowest BCUT2D eigenvalue weighted by Crippen LogP contribution is -2.44. The third kappa shape index (κ3) is 4.97. The number of anilines is 2. The number of aromatic nitrogens is 4. The van der Waals surface area contributed by atoms with Gasteiger partial charge < -0.3 is 20.1 Å². The number of halogens is 4. The molecule has 0 aliphatic carbocycles. The van der Waals surface area contributed by atoms with Gasteiger partial charge in [0.1, 0.15) is 17.5 Å². The molecular weight excluding hydrogens is 500 g/mol.